The molecule has 0 nitrogen and oxygen atoms in total. The highest BCUT2D eigenvalue weighted by molar-refractivity contribution is 5.16. The minimum absolute atomic E-state index is 0.778. The minimum Gasteiger partial charge on any atom is -0.0651 e. The maximum Gasteiger partial charge on any atom is -0.0248 e. The smallest absolute Gasteiger partial charge is 0.0248 e. The molecule has 0 radical (unpaired) electrons. The summed E-state index contributed by atoms with van der Waals surface area (Å²) in [4.78, 5) is 0. The van der Waals surface area contributed by atoms with Crippen molar-refractivity contribution in [1.82, 2.24) is 0 Å². The summed E-state index contributed by atoms with van der Waals surface area (Å²) in [5.41, 5.74) is 2.94. The molecule has 0 N–H and O–H groups in total. The van der Waals surface area contributed by atoms with Crippen LogP contribution in [0, 0.1) is 11.8 Å². The Morgan fingerprint density at radius 3 is 1.90 bits per heavy atom. The van der Waals surface area contributed by atoms with Gasteiger partial charge in [0.1, 0.15) is 0 Å². The first-order chi connectivity index (χ1) is 9.79. The van der Waals surface area contributed by atoms with Crippen LogP contribution in [0.3, 0.4) is 0 Å². The van der Waals surface area contributed by atoms with Crippen molar-refractivity contribution >= 4 is 0 Å². The zero-order valence-corrected chi connectivity index (χ0v) is 12.8. The molecule has 0 aliphatic carbocycles. The Kier molecular flexibility index (Phi) is 5.86. The third kappa shape index (κ3) is 4.52. The van der Waals surface area contributed by atoms with Gasteiger partial charge in [-0.25, -0.2) is 0 Å². The maximum absolute atomic E-state index is 2.42. The van der Waals surface area contributed by atoms with E-state index in [1.807, 2.05) is 0 Å². The standard InChI is InChI=1S/C20H26/c1-3-20(16-19-12-8-5-9-13-19)17(2)14-15-18-10-6-4-7-11-18/h4-13,17,20H,3,14-16H2,1-2H3. The highest BCUT2D eigenvalue weighted by atomic mass is 14.2. The van der Waals surface area contributed by atoms with Gasteiger partial charge in [0.15, 0.2) is 0 Å². The predicted octanol–water partition coefficient (Wildman–Crippen LogP) is 5.52. The molecule has 0 amide bonds. The van der Waals surface area contributed by atoms with Crippen LogP contribution in [-0.2, 0) is 12.8 Å². The molecule has 0 spiro atoms. The molecular weight excluding hydrogens is 240 g/mol. The van der Waals surface area contributed by atoms with Crippen LogP contribution in [0.4, 0.5) is 0 Å². The van der Waals surface area contributed by atoms with Crippen molar-refractivity contribution in [3.05, 3.63) is 71.8 Å². The first-order valence-corrected chi connectivity index (χ1v) is 7.87. The fraction of sp³-hybridized carbons (Fsp3) is 0.400. The number of rotatable bonds is 7. The van der Waals surface area contributed by atoms with Crippen LogP contribution in [0.25, 0.3) is 0 Å². The lowest BCUT2D eigenvalue weighted by molar-refractivity contribution is 0.326. The second kappa shape index (κ2) is 7.89. The number of aryl methyl sites for hydroxylation is 1. The van der Waals surface area contributed by atoms with Crippen LogP contribution in [0.15, 0.2) is 60.7 Å². The van der Waals surface area contributed by atoms with E-state index in [4.69, 9.17) is 0 Å². The van der Waals surface area contributed by atoms with Crippen molar-refractivity contribution in [1.29, 1.82) is 0 Å². The molecular formula is C20H26. The molecule has 106 valence electrons. The second-order valence-electron chi connectivity index (χ2n) is 5.86. The maximum atomic E-state index is 2.42. The van der Waals surface area contributed by atoms with Gasteiger partial charge < -0.3 is 0 Å². The highest BCUT2D eigenvalue weighted by Crippen LogP contribution is 2.25. The summed E-state index contributed by atoms with van der Waals surface area (Å²) in [5, 5.41) is 0. The van der Waals surface area contributed by atoms with Crippen molar-refractivity contribution in [2.45, 2.75) is 39.5 Å². The highest BCUT2D eigenvalue weighted by Gasteiger charge is 2.15. The zero-order chi connectivity index (χ0) is 14.2. The first kappa shape index (κ1) is 14.8. The van der Waals surface area contributed by atoms with Crippen LogP contribution in [0.2, 0.25) is 0 Å². The third-order valence-corrected chi connectivity index (χ3v) is 4.40. The molecule has 0 aromatic heterocycles. The van der Waals surface area contributed by atoms with Crippen molar-refractivity contribution in [3.63, 3.8) is 0 Å². The van der Waals surface area contributed by atoms with Gasteiger partial charge in [-0.2, -0.15) is 0 Å². The van der Waals surface area contributed by atoms with E-state index in [0.717, 1.165) is 11.8 Å². The van der Waals surface area contributed by atoms with Crippen LogP contribution < -0.4 is 0 Å². The summed E-state index contributed by atoms with van der Waals surface area (Å²) in [6, 6.07) is 21.8. The average molecular weight is 266 g/mol. The lowest BCUT2D eigenvalue weighted by Crippen LogP contribution is -2.14. The Balaban J connectivity index is 1.87. The Bertz CT molecular complexity index is 472. The predicted molar refractivity (Wildman–Crippen MR) is 87.9 cm³/mol. The van der Waals surface area contributed by atoms with E-state index >= 15 is 0 Å². The minimum atomic E-state index is 0.778. The average Bonchev–Trinajstić information content (AvgIpc) is 2.52. The van der Waals surface area contributed by atoms with Gasteiger partial charge in [-0.15, -0.1) is 0 Å². The van der Waals surface area contributed by atoms with Crippen molar-refractivity contribution in [2.24, 2.45) is 11.8 Å². The van der Waals surface area contributed by atoms with Gasteiger partial charge in [-0.05, 0) is 42.2 Å². The molecule has 0 aliphatic heterocycles. The van der Waals surface area contributed by atoms with Gasteiger partial charge in [0, 0.05) is 0 Å². The first-order valence-electron chi connectivity index (χ1n) is 7.87. The molecule has 0 saturated heterocycles. The fourth-order valence-electron chi connectivity index (χ4n) is 2.94. The van der Waals surface area contributed by atoms with Crippen LogP contribution in [0.5, 0.6) is 0 Å². The van der Waals surface area contributed by atoms with E-state index < -0.39 is 0 Å². The molecule has 0 saturated carbocycles. The second-order valence-corrected chi connectivity index (χ2v) is 5.86. The van der Waals surface area contributed by atoms with Gasteiger partial charge in [0.2, 0.25) is 0 Å². The summed E-state index contributed by atoms with van der Waals surface area (Å²) >= 11 is 0. The van der Waals surface area contributed by atoms with E-state index in [1.54, 1.807) is 0 Å². The van der Waals surface area contributed by atoms with Crippen LogP contribution in [-0.4, -0.2) is 0 Å². The SMILES string of the molecule is CCC(Cc1ccccc1)C(C)CCc1ccccc1. The quantitative estimate of drug-likeness (QED) is 0.618. The molecule has 2 atom stereocenters. The van der Waals surface area contributed by atoms with Crippen molar-refractivity contribution in [2.75, 3.05) is 0 Å². The third-order valence-electron chi connectivity index (χ3n) is 4.40. The fourth-order valence-corrected chi connectivity index (χ4v) is 2.94. The summed E-state index contributed by atoms with van der Waals surface area (Å²) in [5.74, 6) is 1.57. The molecule has 20 heavy (non-hydrogen) atoms. The van der Waals surface area contributed by atoms with Crippen molar-refractivity contribution in [3.8, 4) is 0 Å². The topological polar surface area (TPSA) is 0 Å². The monoisotopic (exact) mass is 266 g/mol. The Hall–Kier alpha value is -1.56. The van der Waals surface area contributed by atoms with E-state index in [0.29, 0.717) is 0 Å². The normalized spacial score (nSPS) is 13.9. The Labute approximate surface area is 123 Å². The number of hydrogen-bond donors (Lipinski definition) is 0. The molecule has 0 fully saturated rings. The summed E-state index contributed by atoms with van der Waals surface area (Å²) in [6.45, 7) is 4.74. The van der Waals surface area contributed by atoms with E-state index in [9.17, 15) is 0 Å². The Morgan fingerprint density at radius 1 is 0.800 bits per heavy atom. The Morgan fingerprint density at radius 2 is 1.35 bits per heavy atom. The van der Waals surface area contributed by atoms with Gasteiger partial charge in [-0.3, -0.25) is 0 Å². The molecule has 2 aromatic carbocycles. The van der Waals surface area contributed by atoms with E-state index in [-0.39, 0.29) is 0 Å². The number of benzene rings is 2. The van der Waals surface area contributed by atoms with Gasteiger partial charge >= 0.3 is 0 Å². The summed E-state index contributed by atoms with van der Waals surface area (Å²) in [6.07, 6.45) is 4.97. The molecule has 0 aliphatic rings. The van der Waals surface area contributed by atoms with Gasteiger partial charge in [-0.1, -0.05) is 80.9 Å². The largest absolute Gasteiger partial charge is 0.0651 e. The lowest BCUT2D eigenvalue weighted by atomic mass is 9.83. The molecule has 0 heteroatoms. The van der Waals surface area contributed by atoms with Crippen molar-refractivity contribution < 1.29 is 0 Å². The van der Waals surface area contributed by atoms with Crippen LogP contribution in [0.1, 0.15) is 37.8 Å². The van der Waals surface area contributed by atoms with Crippen LogP contribution >= 0.6 is 0 Å². The zero-order valence-electron chi connectivity index (χ0n) is 12.8. The molecule has 2 unspecified atom stereocenters. The van der Waals surface area contributed by atoms with E-state index in [1.165, 1.54) is 36.8 Å². The van der Waals surface area contributed by atoms with Gasteiger partial charge in [0.05, 0.1) is 0 Å². The number of hydrogen-bond acceptors (Lipinski definition) is 0. The molecule has 2 aromatic rings. The summed E-state index contributed by atoms with van der Waals surface area (Å²) in [7, 11) is 0. The van der Waals surface area contributed by atoms with E-state index in [2.05, 4.69) is 74.5 Å². The summed E-state index contributed by atoms with van der Waals surface area (Å²) < 4.78 is 0. The van der Waals surface area contributed by atoms with Gasteiger partial charge in [0.25, 0.3) is 0 Å². The molecule has 0 bridgehead atoms. The lowest BCUT2D eigenvalue weighted by Gasteiger charge is -2.23. The molecule has 2 rings (SSSR count). The molecule has 0 heterocycles.